The van der Waals surface area contributed by atoms with E-state index in [0.29, 0.717) is 6.61 Å². The van der Waals surface area contributed by atoms with Crippen LogP contribution in [0.25, 0.3) is 0 Å². The first-order chi connectivity index (χ1) is 6.45. The van der Waals surface area contributed by atoms with Gasteiger partial charge in [0.05, 0.1) is 11.7 Å². The number of hydrogen-bond acceptors (Lipinski definition) is 2. The second kappa shape index (κ2) is 4.45. The summed E-state index contributed by atoms with van der Waals surface area (Å²) in [6.07, 6.45) is 4.36. The molecule has 0 bridgehead atoms. The molecule has 0 spiro atoms. The molecule has 2 atom stereocenters. The van der Waals surface area contributed by atoms with Crippen molar-refractivity contribution in [3.05, 3.63) is 11.6 Å². The third-order valence-electron chi connectivity index (χ3n) is 2.96. The van der Waals surface area contributed by atoms with Crippen LogP contribution in [0.15, 0.2) is 11.6 Å². The van der Waals surface area contributed by atoms with E-state index >= 15 is 0 Å². The lowest BCUT2D eigenvalue weighted by atomic mass is 9.78. The van der Waals surface area contributed by atoms with Crippen molar-refractivity contribution in [1.82, 2.24) is 0 Å². The fourth-order valence-electron chi connectivity index (χ4n) is 2.14. The minimum absolute atomic E-state index is 0.0914. The Morgan fingerprint density at radius 1 is 1.57 bits per heavy atom. The van der Waals surface area contributed by atoms with Gasteiger partial charge in [0.25, 0.3) is 0 Å². The van der Waals surface area contributed by atoms with Crippen LogP contribution in [0.4, 0.5) is 0 Å². The molecule has 1 aliphatic carbocycles. The number of ether oxygens (including phenoxy) is 1. The minimum atomic E-state index is -0.642. The highest BCUT2D eigenvalue weighted by molar-refractivity contribution is 5.10. The average Bonchev–Trinajstić information content (AvgIpc) is 2.02. The Hall–Kier alpha value is -0.340. The molecule has 0 aliphatic heterocycles. The van der Waals surface area contributed by atoms with Crippen LogP contribution in [0.5, 0.6) is 0 Å². The first-order valence-electron chi connectivity index (χ1n) is 5.46. The molecular weight excluding hydrogens is 176 g/mol. The first-order valence-corrected chi connectivity index (χ1v) is 5.46. The standard InChI is InChI=1S/C12H22O2/c1-5-14-11-8-9(2)6-7-10(11)12(3,4)13/h8,10-11,13H,5-7H2,1-4H3/t10-,11+/m1/s1. The van der Waals surface area contributed by atoms with Crippen LogP contribution < -0.4 is 0 Å². The van der Waals surface area contributed by atoms with E-state index in [9.17, 15) is 5.11 Å². The van der Waals surface area contributed by atoms with Crippen LogP contribution in [0.1, 0.15) is 40.5 Å². The summed E-state index contributed by atoms with van der Waals surface area (Å²) >= 11 is 0. The van der Waals surface area contributed by atoms with Gasteiger partial charge < -0.3 is 9.84 Å². The van der Waals surface area contributed by atoms with Crippen LogP contribution in [0.3, 0.4) is 0 Å². The highest BCUT2D eigenvalue weighted by Gasteiger charge is 2.35. The predicted octanol–water partition coefficient (Wildman–Crippen LogP) is 2.52. The monoisotopic (exact) mass is 198 g/mol. The van der Waals surface area contributed by atoms with Gasteiger partial charge in [0, 0.05) is 12.5 Å². The summed E-state index contributed by atoms with van der Waals surface area (Å²) in [4.78, 5) is 0. The van der Waals surface area contributed by atoms with Crippen molar-refractivity contribution in [3.8, 4) is 0 Å². The Labute approximate surface area is 87.0 Å². The maximum absolute atomic E-state index is 10.0. The van der Waals surface area contributed by atoms with Gasteiger partial charge in [-0.2, -0.15) is 0 Å². The van der Waals surface area contributed by atoms with E-state index in [1.54, 1.807) is 0 Å². The van der Waals surface area contributed by atoms with E-state index in [0.717, 1.165) is 12.8 Å². The molecule has 0 unspecified atom stereocenters. The normalized spacial score (nSPS) is 28.8. The predicted molar refractivity (Wildman–Crippen MR) is 58.2 cm³/mol. The van der Waals surface area contributed by atoms with E-state index in [1.165, 1.54) is 5.57 Å². The fourth-order valence-corrected chi connectivity index (χ4v) is 2.14. The molecule has 82 valence electrons. The number of hydrogen-bond donors (Lipinski definition) is 1. The molecule has 1 N–H and O–H groups in total. The molecule has 0 aromatic heterocycles. The Balaban J connectivity index is 2.75. The van der Waals surface area contributed by atoms with Crippen LogP contribution in [-0.4, -0.2) is 23.4 Å². The summed E-state index contributed by atoms with van der Waals surface area (Å²) in [6, 6.07) is 0. The van der Waals surface area contributed by atoms with Crippen molar-refractivity contribution < 1.29 is 9.84 Å². The Bertz CT molecular complexity index is 213. The number of allylic oxidation sites excluding steroid dienone is 1. The van der Waals surface area contributed by atoms with Gasteiger partial charge in [0.2, 0.25) is 0 Å². The summed E-state index contributed by atoms with van der Waals surface area (Å²) in [7, 11) is 0. The van der Waals surface area contributed by atoms with Crippen molar-refractivity contribution in [2.24, 2.45) is 5.92 Å². The second-order valence-electron chi connectivity index (χ2n) is 4.73. The van der Waals surface area contributed by atoms with Crippen LogP contribution >= 0.6 is 0 Å². The lowest BCUT2D eigenvalue weighted by molar-refractivity contribution is -0.0621. The summed E-state index contributed by atoms with van der Waals surface area (Å²) in [5.41, 5.74) is 0.737. The SMILES string of the molecule is CCO[C@H]1C=C(C)CC[C@H]1C(C)(C)O. The minimum Gasteiger partial charge on any atom is -0.390 e. The van der Waals surface area contributed by atoms with Crippen molar-refractivity contribution in [3.63, 3.8) is 0 Å². The van der Waals surface area contributed by atoms with E-state index < -0.39 is 5.60 Å². The smallest absolute Gasteiger partial charge is 0.0813 e. The van der Waals surface area contributed by atoms with Gasteiger partial charge in [-0.25, -0.2) is 0 Å². The lowest BCUT2D eigenvalue weighted by Gasteiger charge is -2.37. The second-order valence-corrected chi connectivity index (χ2v) is 4.73. The molecule has 0 aromatic rings. The Morgan fingerprint density at radius 3 is 2.71 bits per heavy atom. The summed E-state index contributed by atoms with van der Waals surface area (Å²) in [5, 5.41) is 10.0. The zero-order valence-corrected chi connectivity index (χ0v) is 9.71. The molecule has 0 aromatic carbocycles. The summed E-state index contributed by atoms with van der Waals surface area (Å²) in [5.74, 6) is 0.228. The molecule has 0 fully saturated rings. The first kappa shape index (κ1) is 11.7. The van der Waals surface area contributed by atoms with Gasteiger partial charge >= 0.3 is 0 Å². The fraction of sp³-hybridized carbons (Fsp3) is 0.833. The van der Waals surface area contributed by atoms with Gasteiger partial charge in [0.15, 0.2) is 0 Å². The zero-order chi connectivity index (χ0) is 10.8. The van der Waals surface area contributed by atoms with Gasteiger partial charge in [0.1, 0.15) is 0 Å². The van der Waals surface area contributed by atoms with Crippen molar-refractivity contribution in [2.45, 2.75) is 52.2 Å². The van der Waals surface area contributed by atoms with Crippen molar-refractivity contribution >= 4 is 0 Å². The van der Waals surface area contributed by atoms with Crippen molar-refractivity contribution in [1.29, 1.82) is 0 Å². The van der Waals surface area contributed by atoms with Crippen LogP contribution in [-0.2, 0) is 4.74 Å². The summed E-state index contributed by atoms with van der Waals surface area (Å²) in [6.45, 7) is 8.59. The lowest BCUT2D eigenvalue weighted by Crippen LogP contribution is -2.41. The highest BCUT2D eigenvalue weighted by Crippen LogP contribution is 2.33. The Morgan fingerprint density at radius 2 is 2.21 bits per heavy atom. The maximum atomic E-state index is 10.0. The molecule has 0 saturated carbocycles. The molecule has 1 aliphatic rings. The average molecular weight is 198 g/mol. The van der Waals surface area contributed by atoms with Gasteiger partial charge in [-0.05, 0) is 40.5 Å². The van der Waals surface area contributed by atoms with Gasteiger partial charge in [-0.15, -0.1) is 0 Å². The third kappa shape index (κ3) is 2.82. The molecule has 2 heteroatoms. The number of aliphatic hydroxyl groups is 1. The van der Waals surface area contributed by atoms with Crippen LogP contribution in [0, 0.1) is 5.92 Å². The van der Waals surface area contributed by atoms with Crippen molar-refractivity contribution in [2.75, 3.05) is 6.61 Å². The molecule has 2 nitrogen and oxygen atoms in total. The molecular formula is C12H22O2. The number of rotatable bonds is 3. The van der Waals surface area contributed by atoms with E-state index in [-0.39, 0.29) is 12.0 Å². The molecule has 0 amide bonds. The third-order valence-corrected chi connectivity index (χ3v) is 2.96. The largest absolute Gasteiger partial charge is 0.390 e. The van der Waals surface area contributed by atoms with Gasteiger partial charge in [-0.1, -0.05) is 11.6 Å². The molecule has 0 radical (unpaired) electrons. The maximum Gasteiger partial charge on any atom is 0.0813 e. The Kier molecular flexibility index (Phi) is 3.73. The molecule has 0 heterocycles. The van der Waals surface area contributed by atoms with E-state index in [2.05, 4.69) is 13.0 Å². The quantitative estimate of drug-likeness (QED) is 0.706. The summed E-state index contributed by atoms with van der Waals surface area (Å²) < 4.78 is 5.66. The molecule has 0 saturated heterocycles. The molecule has 1 rings (SSSR count). The zero-order valence-electron chi connectivity index (χ0n) is 9.71. The van der Waals surface area contributed by atoms with E-state index in [4.69, 9.17) is 4.74 Å². The van der Waals surface area contributed by atoms with Crippen LogP contribution in [0.2, 0.25) is 0 Å². The van der Waals surface area contributed by atoms with Gasteiger partial charge in [-0.3, -0.25) is 0 Å². The topological polar surface area (TPSA) is 29.5 Å². The molecule has 14 heavy (non-hydrogen) atoms. The highest BCUT2D eigenvalue weighted by atomic mass is 16.5. The van der Waals surface area contributed by atoms with E-state index in [1.807, 2.05) is 20.8 Å².